The van der Waals surface area contributed by atoms with Crippen LogP contribution in [0.1, 0.15) is 36.8 Å². The highest BCUT2D eigenvalue weighted by Crippen LogP contribution is 2.58. The first-order chi connectivity index (χ1) is 12.1. The zero-order valence-electron chi connectivity index (χ0n) is 14.8. The van der Waals surface area contributed by atoms with Crippen LogP contribution in [0.15, 0.2) is 41.5 Å². The van der Waals surface area contributed by atoms with Gasteiger partial charge in [-0.05, 0) is 51.2 Å². The number of aryl methyl sites for hydroxylation is 2. The molecule has 4 aliphatic rings. The predicted molar refractivity (Wildman–Crippen MR) is 97.0 cm³/mol. The number of imide groups is 1. The number of fused-ring (bicyclic) bond motifs is 5. The normalized spacial score (nSPS) is 33.1. The standard InChI is InChI=1S/C22H23NO2/c1-12-7-10-17(13(2)11-12)23-21(24)19-15-8-9-16(20(19)22(23)25)18(15)14-5-3-4-6-14/h7-11,15-16,19-20H,3-6H2,1-2H3/t15-,16+,19+,20-. The number of hydrogen-bond acceptors (Lipinski definition) is 2. The van der Waals surface area contributed by atoms with Gasteiger partial charge in [-0.3, -0.25) is 9.59 Å². The SMILES string of the molecule is Cc1ccc(N2C(=O)[C@@H]3[C@H](C2=O)[C@H]2C=C[C@@H]3C2=C2CCCC2)c(C)c1. The first kappa shape index (κ1) is 15.1. The minimum absolute atomic E-state index is 0.00917. The minimum atomic E-state index is -0.175. The third-order valence-corrected chi connectivity index (χ3v) is 6.62. The van der Waals surface area contributed by atoms with Crippen molar-refractivity contribution in [2.45, 2.75) is 39.5 Å². The maximum absolute atomic E-state index is 13.2. The Morgan fingerprint density at radius 3 is 2.08 bits per heavy atom. The van der Waals surface area contributed by atoms with E-state index in [4.69, 9.17) is 0 Å². The van der Waals surface area contributed by atoms with Gasteiger partial charge in [-0.2, -0.15) is 0 Å². The van der Waals surface area contributed by atoms with Crippen LogP contribution in [0.3, 0.4) is 0 Å². The molecule has 0 unspecified atom stereocenters. The van der Waals surface area contributed by atoms with Gasteiger partial charge in [0.05, 0.1) is 17.5 Å². The molecule has 3 nitrogen and oxygen atoms in total. The average molecular weight is 333 g/mol. The molecule has 0 aromatic heterocycles. The highest BCUT2D eigenvalue weighted by molar-refractivity contribution is 6.23. The summed E-state index contributed by atoms with van der Waals surface area (Å²) in [7, 11) is 0. The summed E-state index contributed by atoms with van der Waals surface area (Å²) in [6.07, 6.45) is 9.22. The lowest BCUT2D eigenvalue weighted by molar-refractivity contribution is -0.122. The quantitative estimate of drug-likeness (QED) is 0.573. The fourth-order valence-corrected chi connectivity index (χ4v) is 5.62. The summed E-state index contributed by atoms with van der Waals surface area (Å²) < 4.78 is 0. The van der Waals surface area contributed by atoms with Crippen LogP contribution in [0.5, 0.6) is 0 Å². The van der Waals surface area contributed by atoms with E-state index in [1.165, 1.54) is 28.9 Å². The number of hydrogen-bond donors (Lipinski definition) is 0. The van der Waals surface area contributed by atoms with E-state index in [-0.39, 0.29) is 35.5 Å². The van der Waals surface area contributed by atoms with Crippen LogP contribution in [-0.4, -0.2) is 11.8 Å². The molecule has 0 N–H and O–H groups in total. The molecular formula is C22H23NO2. The van der Waals surface area contributed by atoms with Gasteiger partial charge >= 0.3 is 0 Å². The van der Waals surface area contributed by atoms with Crippen LogP contribution < -0.4 is 4.90 Å². The molecule has 2 amide bonds. The summed E-state index contributed by atoms with van der Waals surface area (Å²) in [5.74, 6) is -0.00647. The topological polar surface area (TPSA) is 37.4 Å². The van der Waals surface area contributed by atoms with Crippen molar-refractivity contribution < 1.29 is 9.59 Å². The van der Waals surface area contributed by atoms with Crippen molar-refractivity contribution in [2.75, 3.05) is 4.90 Å². The van der Waals surface area contributed by atoms with Gasteiger partial charge in [-0.25, -0.2) is 4.90 Å². The van der Waals surface area contributed by atoms with Crippen molar-refractivity contribution in [1.82, 2.24) is 0 Å². The first-order valence-corrected chi connectivity index (χ1v) is 9.43. The van der Waals surface area contributed by atoms with Gasteiger partial charge in [0.1, 0.15) is 0 Å². The third kappa shape index (κ3) is 1.92. The lowest BCUT2D eigenvalue weighted by atomic mass is 9.85. The zero-order chi connectivity index (χ0) is 17.3. The van der Waals surface area contributed by atoms with Gasteiger partial charge in [0.15, 0.2) is 0 Å². The van der Waals surface area contributed by atoms with Crippen molar-refractivity contribution in [2.24, 2.45) is 23.7 Å². The summed E-state index contributed by atoms with van der Waals surface area (Å²) >= 11 is 0. The van der Waals surface area contributed by atoms with Crippen LogP contribution in [0.2, 0.25) is 0 Å². The molecule has 1 aliphatic heterocycles. The van der Waals surface area contributed by atoms with Crippen molar-refractivity contribution >= 4 is 17.5 Å². The zero-order valence-corrected chi connectivity index (χ0v) is 14.8. The number of rotatable bonds is 1. The first-order valence-electron chi connectivity index (χ1n) is 9.43. The number of carbonyl (C=O) groups is 2. The van der Waals surface area contributed by atoms with Crippen LogP contribution in [0.25, 0.3) is 0 Å². The van der Waals surface area contributed by atoms with Gasteiger partial charge in [0, 0.05) is 11.8 Å². The Morgan fingerprint density at radius 1 is 0.920 bits per heavy atom. The van der Waals surface area contributed by atoms with Crippen LogP contribution in [0, 0.1) is 37.5 Å². The molecule has 2 saturated carbocycles. The van der Waals surface area contributed by atoms with Gasteiger partial charge in [-0.1, -0.05) is 41.0 Å². The predicted octanol–water partition coefficient (Wildman–Crippen LogP) is 4.10. The van der Waals surface area contributed by atoms with Crippen LogP contribution in [-0.2, 0) is 9.59 Å². The molecule has 1 saturated heterocycles. The molecule has 3 heteroatoms. The number of allylic oxidation sites excluding steroid dienone is 4. The van der Waals surface area contributed by atoms with Crippen LogP contribution >= 0.6 is 0 Å². The van der Waals surface area contributed by atoms with E-state index >= 15 is 0 Å². The maximum Gasteiger partial charge on any atom is 0.238 e. The van der Waals surface area contributed by atoms with Crippen molar-refractivity contribution in [3.05, 3.63) is 52.6 Å². The Kier molecular flexibility index (Phi) is 3.13. The Hall–Kier alpha value is -2.16. The van der Waals surface area contributed by atoms with Gasteiger partial charge in [-0.15, -0.1) is 0 Å². The second-order valence-electron chi connectivity index (χ2n) is 8.06. The van der Waals surface area contributed by atoms with E-state index in [9.17, 15) is 9.59 Å². The molecule has 0 radical (unpaired) electrons. The average Bonchev–Trinajstić information content (AvgIpc) is 3.32. The van der Waals surface area contributed by atoms with Crippen molar-refractivity contribution in [1.29, 1.82) is 0 Å². The molecule has 5 rings (SSSR count). The van der Waals surface area contributed by atoms with E-state index in [0.29, 0.717) is 0 Å². The summed E-state index contributed by atoms with van der Waals surface area (Å²) in [6.45, 7) is 4.01. The Bertz CT molecular complexity index is 821. The molecule has 25 heavy (non-hydrogen) atoms. The van der Waals surface area contributed by atoms with Gasteiger partial charge in [0.25, 0.3) is 0 Å². The van der Waals surface area contributed by atoms with E-state index in [1.54, 1.807) is 0 Å². The molecule has 1 aromatic rings. The van der Waals surface area contributed by atoms with E-state index in [1.807, 2.05) is 32.0 Å². The highest BCUT2D eigenvalue weighted by Gasteiger charge is 2.62. The lowest BCUT2D eigenvalue weighted by Crippen LogP contribution is -2.33. The van der Waals surface area contributed by atoms with Gasteiger partial charge in [0.2, 0.25) is 11.8 Å². The Labute approximate surface area is 148 Å². The summed E-state index contributed by atoms with van der Waals surface area (Å²) in [5.41, 5.74) is 5.87. The van der Waals surface area contributed by atoms with E-state index < -0.39 is 0 Å². The van der Waals surface area contributed by atoms with Crippen molar-refractivity contribution in [3.8, 4) is 0 Å². The molecule has 2 bridgehead atoms. The molecule has 128 valence electrons. The lowest BCUT2D eigenvalue weighted by Gasteiger charge is -2.21. The largest absolute Gasteiger partial charge is 0.274 e. The Balaban J connectivity index is 1.56. The fourth-order valence-electron chi connectivity index (χ4n) is 5.62. The second kappa shape index (κ2) is 5.17. The number of amides is 2. The monoisotopic (exact) mass is 333 g/mol. The fraction of sp³-hybridized carbons (Fsp3) is 0.455. The third-order valence-electron chi connectivity index (χ3n) is 6.62. The molecule has 3 aliphatic carbocycles. The molecule has 1 heterocycles. The molecule has 1 aromatic carbocycles. The second-order valence-corrected chi connectivity index (χ2v) is 8.06. The van der Waals surface area contributed by atoms with Crippen molar-refractivity contribution in [3.63, 3.8) is 0 Å². The molecule has 3 fully saturated rings. The molecule has 4 atom stereocenters. The molecule has 0 spiro atoms. The van der Waals surface area contributed by atoms with Crippen LogP contribution in [0.4, 0.5) is 5.69 Å². The smallest absolute Gasteiger partial charge is 0.238 e. The minimum Gasteiger partial charge on any atom is -0.274 e. The Morgan fingerprint density at radius 2 is 1.52 bits per heavy atom. The number of nitrogens with zero attached hydrogens (tertiary/aromatic N) is 1. The van der Waals surface area contributed by atoms with Gasteiger partial charge < -0.3 is 0 Å². The molecular weight excluding hydrogens is 310 g/mol. The summed E-state index contributed by atoms with van der Waals surface area (Å²) in [5, 5.41) is 0. The maximum atomic E-state index is 13.2. The number of carbonyl (C=O) groups excluding carboxylic acids is 2. The van der Waals surface area contributed by atoms with E-state index in [0.717, 1.165) is 29.7 Å². The highest BCUT2D eigenvalue weighted by atomic mass is 16.2. The number of benzene rings is 1. The summed E-state index contributed by atoms with van der Waals surface area (Å²) in [6, 6.07) is 5.95. The summed E-state index contributed by atoms with van der Waals surface area (Å²) in [4.78, 5) is 27.9. The van der Waals surface area contributed by atoms with E-state index in [2.05, 4.69) is 12.2 Å². The number of anilines is 1.